The summed E-state index contributed by atoms with van der Waals surface area (Å²) in [5.74, 6) is -2.99. The highest BCUT2D eigenvalue weighted by Gasteiger charge is 2.29. The molecule has 5 unspecified atom stereocenters. The van der Waals surface area contributed by atoms with E-state index < -0.39 is 47.9 Å². The maximum absolute atomic E-state index is 12.6. The predicted octanol–water partition coefficient (Wildman–Crippen LogP) is -1.02. The van der Waals surface area contributed by atoms with Gasteiger partial charge in [0, 0.05) is 5.75 Å². The molecule has 168 valence electrons. The number of hydrogen-bond acceptors (Lipinski definition) is 7. The lowest BCUT2D eigenvalue weighted by molar-refractivity contribution is -0.143. The number of amides is 3. The molecule has 0 saturated carbocycles. The van der Waals surface area contributed by atoms with Crippen molar-refractivity contribution in [1.29, 1.82) is 0 Å². The van der Waals surface area contributed by atoms with Gasteiger partial charge >= 0.3 is 5.97 Å². The topological polar surface area (TPSA) is 177 Å². The summed E-state index contributed by atoms with van der Waals surface area (Å²) in [5.41, 5.74) is 11.1. The molecule has 0 aromatic rings. The zero-order chi connectivity index (χ0) is 22.6. The average Bonchev–Trinajstić information content (AvgIpc) is 2.69. The molecule has 0 spiro atoms. The lowest BCUT2D eigenvalue weighted by atomic mass is 9.99. The number of carbonyl (C=O) groups excluding carboxylic acids is 3. The van der Waals surface area contributed by atoms with E-state index >= 15 is 0 Å². The monoisotopic (exact) mass is 433 g/mol. The van der Waals surface area contributed by atoms with Gasteiger partial charge in [-0.25, -0.2) is 4.79 Å². The first kappa shape index (κ1) is 27.1. The zero-order valence-corrected chi connectivity index (χ0v) is 18.2. The summed E-state index contributed by atoms with van der Waals surface area (Å²) in [6, 6.07) is -3.79. The molecule has 0 aromatic carbocycles. The number of hydrogen-bond donors (Lipinski definition) is 7. The highest BCUT2D eigenvalue weighted by Crippen LogP contribution is 2.08. The largest absolute Gasteiger partial charge is 0.480 e. The maximum Gasteiger partial charge on any atom is 0.326 e. The van der Waals surface area contributed by atoms with E-state index in [0.717, 1.165) is 0 Å². The SMILES string of the molecule is CCC(C)C(NC(=O)C(C)NC(=O)C(CCCCN)NC(=O)C(N)CS)C(=O)O. The minimum absolute atomic E-state index is 0.119. The fourth-order valence-corrected chi connectivity index (χ4v) is 2.63. The average molecular weight is 434 g/mol. The van der Waals surface area contributed by atoms with Crippen molar-refractivity contribution in [2.24, 2.45) is 17.4 Å². The fourth-order valence-electron chi connectivity index (χ4n) is 2.46. The molecule has 29 heavy (non-hydrogen) atoms. The van der Waals surface area contributed by atoms with Gasteiger partial charge in [0.25, 0.3) is 0 Å². The predicted molar refractivity (Wildman–Crippen MR) is 113 cm³/mol. The first-order valence-corrected chi connectivity index (χ1v) is 10.4. The van der Waals surface area contributed by atoms with Crippen molar-refractivity contribution in [3.05, 3.63) is 0 Å². The summed E-state index contributed by atoms with van der Waals surface area (Å²) >= 11 is 3.97. The Bertz CT molecular complexity index is 563. The second kappa shape index (κ2) is 14.2. The summed E-state index contributed by atoms with van der Waals surface area (Å²) in [7, 11) is 0. The molecule has 3 amide bonds. The Morgan fingerprint density at radius 2 is 1.62 bits per heavy atom. The van der Waals surface area contributed by atoms with Gasteiger partial charge in [-0.15, -0.1) is 0 Å². The van der Waals surface area contributed by atoms with Crippen LogP contribution in [-0.4, -0.2) is 65.3 Å². The van der Waals surface area contributed by atoms with Crippen LogP contribution in [-0.2, 0) is 19.2 Å². The summed E-state index contributed by atoms with van der Waals surface area (Å²) in [5, 5.41) is 16.8. The summed E-state index contributed by atoms with van der Waals surface area (Å²) in [4.78, 5) is 48.4. The lowest BCUT2D eigenvalue weighted by Gasteiger charge is -2.25. The van der Waals surface area contributed by atoms with Gasteiger partial charge in [0.2, 0.25) is 17.7 Å². The highest BCUT2D eigenvalue weighted by atomic mass is 32.1. The Balaban J connectivity index is 5.03. The number of carboxylic acids is 1. The molecular formula is C18H35N5O5S. The number of nitrogens with one attached hydrogen (secondary N) is 3. The second-order valence-electron chi connectivity index (χ2n) is 7.08. The molecule has 11 heteroatoms. The van der Waals surface area contributed by atoms with Crippen molar-refractivity contribution >= 4 is 36.3 Å². The van der Waals surface area contributed by atoms with Crippen LogP contribution in [0.4, 0.5) is 0 Å². The van der Waals surface area contributed by atoms with Crippen LogP contribution < -0.4 is 27.4 Å². The molecule has 0 saturated heterocycles. The number of unbranched alkanes of at least 4 members (excludes halogenated alkanes) is 1. The third kappa shape index (κ3) is 9.95. The molecule has 8 N–H and O–H groups in total. The molecule has 0 aliphatic heterocycles. The number of rotatable bonds is 14. The third-order valence-electron chi connectivity index (χ3n) is 4.64. The van der Waals surface area contributed by atoms with Gasteiger partial charge in [0.1, 0.15) is 18.1 Å². The quantitative estimate of drug-likeness (QED) is 0.135. The van der Waals surface area contributed by atoms with Crippen molar-refractivity contribution < 1.29 is 24.3 Å². The van der Waals surface area contributed by atoms with Crippen LogP contribution in [0.15, 0.2) is 0 Å². The maximum atomic E-state index is 12.6. The Kier molecular flexibility index (Phi) is 13.3. The number of nitrogens with two attached hydrogens (primary N) is 2. The Morgan fingerprint density at radius 1 is 1.00 bits per heavy atom. The summed E-state index contributed by atoms with van der Waals surface area (Å²) in [6.45, 7) is 5.43. The fraction of sp³-hybridized carbons (Fsp3) is 0.778. The molecule has 0 aliphatic rings. The van der Waals surface area contributed by atoms with Crippen LogP contribution in [0.1, 0.15) is 46.5 Å². The van der Waals surface area contributed by atoms with E-state index in [2.05, 4.69) is 28.6 Å². The van der Waals surface area contributed by atoms with E-state index in [1.54, 1.807) is 6.92 Å². The van der Waals surface area contributed by atoms with Crippen LogP contribution in [0.3, 0.4) is 0 Å². The highest BCUT2D eigenvalue weighted by molar-refractivity contribution is 7.80. The summed E-state index contributed by atoms with van der Waals surface area (Å²) < 4.78 is 0. The van der Waals surface area contributed by atoms with Crippen molar-refractivity contribution in [2.75, 3.05) is 12.3 Å². The Morgan fingerprint density at radius 3 is 2.10 bits per heavy atom. The van der Waals surface area contributed by atoms with Gasteiger partial charge in [-0.2, -0.15) is 12.6 Å². The van der Waals surface area contributed by atoms with E-state index in [0.29, 0.717) is 32.2 Å². The van der Waals surface area contributed by atoms with Crippen LogP contribution in [0, 0.1) is 5.92 Å². The second-order valence-corrected chi connectivity index (χ2v) is 7.44. The van der Waals surface area contributed by atoms with Crippen LogP contribution in [0.2, 0.25) is 0 Å². The molecule has 5 atom stereocenters. The van der Waals surface area contributed by atoms with E-state index in [-0.39, 0.29) is 11.7 Å². The normalized spacial score (nSPS) is 16.1. The molecule has 0 aliphatic carbocycles. The van der Waals surface area contributed by atoms with Gasteiger partial charge in [0.05, 0.1) is 6.04 Å². The Labute approximate surface area is 177 Å². The van der Waals surface area contributed by atoms with E-state index in [9.17, 15) is 24.3 Å². The standard InChI is InChI=1S/C18H35N5O5S/c1-4-10(2)14(18(27)28)23-15(24)11(3)21-17(26)13(7-5-6-8-19)22-16(25)12(20)9-29/h10-14,29H,4-9,19-20H2,1-3H3,(H,21,26)(H,22,25)(H,23,24)(H,27,28). The number of carbonyl (C=O) groups is 4. The van der Waals surface area contributed by atoms with Crippen LogP contribution >= 0.6 is 12.6 Å². The molecule has 0 aromatic heterocycles. The molecule has 0 rings (SSSR count). The van der Waals surface area contributed by atoms with Crippen molar-refractivity contribution in [3.8, 4) is 0 Å². The first-order chi connectivity index (χ1) is 13.6. The van der Waals surface area contributed by atoms with E-state index in [1.165, 1.54) is 6.92 Å². The third-order valence-corrected chi connectivity index (χ3v) is 5.04. The van der Waals surface area contributed by atoms with Gasteiger partial charge in [-0.05, 0) is 38.6 Å². The van der Waals surface area contributed by atoms with E-state index in [4.69, 9.17) is 11.5 Å². The summed E-state index contributed by atoms with van der Waals surface area (Å²) in [6.07, 6.45) is 2.16. The number of aliphatic carboxylic acids is 1. The van der Waals surface area contributed by atoms with Gasteiger partial charge < -0.3 is 32.5 Å². The molecular weight excluding hydrogens is 398 g/mol. The van der Waals surface area contributed by atoms with Crippen molar-refractivity contribution in [1.82, 2.24) is 16.0 Å². The van der Waals surface area contributed by atoms with E-state index in [1.807, 2.05) is 6.92 Å². The molecule has 0 bridgehead atoms. The van der Waals surface area contributed by atoms with Crippen LogP contribution in [0.25, 0.3) is 0 Å². The minimum Gasteiger partial charge on any atom is -0.480 e. The molecule has 0 fully saturated rings. The number of carboxylic acid groups (broad SMARTS) is 1. The molecule has 0 heterocycles. The zero-order valence-electron chi connectivity index (χ0n) is 17.3. The smallest absolute Gasteiger partial charge is 0.326 e. The molecule has 10 nitrogen and oxygen atoms in total. The Hall–Kier alpha value is -1.85. The van der Waals surface area contributed by atoms with Gasteiger partial charge in [-0.1, -0.05) is 20.3 Å². The van der Waals surface area contributed by atoms with Crippen molar-refractivity contribution in [2.45, 2.75) is 70.6 Å². The van der Waals surface area contributed by atoms with Gasteiger partial charge in [0.15, 0.2) is 0 Å². The lowest BCUT2D eigenvalue weighted by Crippen LogP contribution is -2.57. The first-order valence-electron chi connectivity index (χ1n) is 9.79. The van der Waals surface area contributed by atoms with Crippen molar-refractivity contribution in [3.63, 3.8) is 0 Å². The van der Waals surface area contributed by atoms with Gasteiger partial charge in [-0.3, -0.25) is 14.4 Å². The molecule has 0 radical (unpaired) electrons. The number of thiol groups is 1. The minimum atomic E-state index is -1.14. The van der Waals surface area contributed by atoms with Crippen LogP contribution in [0.5, 0.6) is 0 Å².